The van der Waals surface area contributed by atoms with Crippen molar-refractivity contribution < 1.29 is 4.79 Å². The van der Waals surface area contributed by atoms with Crippen LogP contribution in [0.5, 0.6) is 0 Å². The molecule has 0 aromatic carbocycles. The SMILES string of the molecule is CCCCC/C=C(/C)C=O. The zero-order valence-electron chi connectivity index (χ0n) is 6.89. The van der Waals surface area contributed by atoms with Crippen molar-refractivity contribution in [1.29, 1.82) is 0 Å². The number of aldehydes is 1. The molecule has 0 aliphatic heterocycles. The fourth-order valence-electron chi connectivity index (χ4n) is 0.772. The van der Waals surface area contributed by atoms with Gasteiger partial charge in [-0.05, 0) is 25.3 Å². The predicted octanol–water partition coefficient (Wildman–Crippen LogP) is 2.71. The molecule has 58 valence electrons. The Morgan fingerprint density at radius 3 is 2.60 bits per heavy atom. The molecule has 0 spiro atoms. The number of hydrogen-bond donors (Lipinski definition) is 0. The fraction of sp³-hybridized carbons (Fsp3) is 0.667. The molecule has 0 saturated carbocycles. The van der Waals surface area contributed by atoms with Crippen LogP contribution < -0.4 is 0 Å². The summed E-state index contributed by atoms with van der Waals surface area (Å²) in [6, 6.07) is 0. The largest absolute Gasteiger partial charge is 0.298 e. The molecule has 0 aromatic rings. The van der Waals surface area contributed by atoms with Crippen LogP contribution in [-0.2, 0) is 4.79 Å². The first-order chi connectivity index (χ1) is 4.81. The lowest BCUT2D eigenvalue weighted by atomic mass is 10.1. The average Bonchev–Trinajstić information content (AvgIpc) is 1.98. The Kier molecular flexibility index (Phi) is 6.14. The third-order valence-electron chi connectivity index (χ3n) is 1.46. The Hall–Kier alpha value is -0.590. The van der Waals surface area contributed by atoms with E-state index in [0.717, 1.165) is 18.3 Å². The molecule has 0 radical (unpaired) electrons. The molecule has 0 aliphatic carbocycles. The van der Waals surface area contributed by atoms with E-state index in [1.54, 1.807) is 0 Å². The summed E-state index contributed by atoms with van der Waals surface area (Å²) in [5.74, 6) is 0. The van der Waals surface area contributed by atoms with Gasteiger partial charge in [-0.25, -0.2) is 0 Å². The Morgan fingerprint density at radius 1 is 1.40 bits per heavy atom. The van der Waals surface area contributed by atoms with Gasteiger partial charge in [0.15, 0.2) is 0 Å². The van der Waals surface area contributed by atoms with Crippen LogP contribution in [0.3, 0.4) is 0 Å². The lowest BCUT2D eigenvalue weighted by molar-refractivity contribution is -0.104. The molecular weight excluding hydrogens is 124 g/mol. The van der Waals surface area contributed by atoms with Crippen molar-refractivity contribution in [3.8, 4) is 0 Å². The van der Waals surface area contributed by atoms with Crippen molar-refractivity contribution in [1.82, 2.24) is 0 Å². The molecule has 0 bridgehead atoms. The number of hydrogen-bond acceptors (Lipinski definition) is 1. The highest BCUT2D eigenvalue weighted by Crippen LogP contribution is 2.01. The number of rotatable bonds is 5. The Bertz CT molecular complexity index is 114. The molecule has 0 atom stereocenters. The maximum atomic E-state index is 10.1. The van der Waals surface area contributed by atoms with Gasteiger partial charge in [-0.1, -0.05) is 25.8 Å². The Labute approximate surface area is 63.1 Å². The van der Waals surface area contributed by atoms with E-state index in [1.165, 1.54) is 19.3 Å². The van der Waals surface area contributed by atoms with Crippen LogP contribution in [0.15, 0.2) is 11.6 Å². The normalized spacial score (nSPS) is 11.6. The molecule has 0 rings (SSSR count). The van der Waals surface area contributed by atoms with E-state index in [9.17, 15) is 4.79 Å². The highest BCUT2D eigenvalue weighted by atomic mass is 16.1. The third kappa shape index (κ3) is 5.54. The number of carbonyl (C=O) groups is 1. The van der Waals surface area contributed by atoms with Crippen LogP contribution >= 0.6 is 0 Å². The van der Waals surface area contributed by atoms with Gasteiger partial charge in [0.2, 0.25) is 0 Å². The quantitative estimate of drug-likeness (QED) is 0.326. The van der Waals surface area contributed by atoms with E-state index < -0.39 is 0 Å². The summed E-state index contributed by atoms with van der Waals surface area (Å²) < 4.78 is 0. The summed E-state index contributed by atoms with van der Waals surface area (Å²) >= 11 is 0. The average molecular weight is 140 g/mol. The zero-order chi connectivity index (χ0) is 7.82. The number of carbonyl (C=O) groups excluding carboxylic acids is 1. The monoisotopic (exact) mass is 140 g/mol. The van der Waals surface area contributed by atoms with Gasteiger partial charge < -0.3 is 0 Å². The smallest absolute Gasteiger partial charge is 0.145 e. The van der Waals surface area contributed by atoms with E-state index in [0.29, 0.717) is 0 Å². The summed E-state index contributed by atoms with van der Waals surface area (Å²) in [4.78, 5) is 10.1. The highest BCUT2D eigenvalue weighted by molar-refractivity contribution is 5.71. The van der Waals surface area contributed by atoms with Crippen LogP contribution in [0, 0.1) is 0 Å². The Morgan fingerprint density at radius 2 is 2.10 bits per heavy atom. The number of allylic oxidation sites excluding steroid dienone is 2. The van der Waals surface area contributed by atoms with Crippen LogP contribution in [0.25, 0.3) is 0 Å². The van der Waals surface area contributed by atoms with Gasteiger partial charge in [-0.2, -0.15) is 0 Å². The van der Waals surface area contributed by atoms with Crippen molar-refractivity contribution in [2.45, 2.75) is 39.5 Å². The summed E-state index contributed by atoms with van der Waals surface area (Å²) in [5, 5.41) is 0. The first kappa shape index (κ1) is 9.41. The molecule has 1 heteroatoms. The van der Waals surface area contributed by atoms with Gasteiger partial charge >= 0.3 is 0 Å². The fourth-order valence-corrected chi connectivity index (χ4v) is 0.772. The lowest BCUT2D eigenvalue weighted by Crippen LogP contribution is -1.77. The zero-order valence-corrected chi connectivity index (χ0v) is 6.89. The van der Waals surface area contributed by atoms with Crippen molar-refractivity contribution in [2.75, 3.05) is 0 Å². The topological polar surface area (TPSA) is 17.1 Å². The summed E-state index contributed by atoms with van der Waals surface area (Å²) in [6.07, 6.45) is 7.69. The molecule has 1 nitrogen and oxygen atoms in total. The Balaban J connectivity index is 3.24. The van der Waals surface area contributed by atoms with E-state index in [2.05, 4.69) is 6.92 Å². The first-order valence-electron chi connectivity index (χ1n) is 3.93. The second-order valence-electron chi connectivity index (χ2n) is 2.56. The molecule has 0 amide bonds. The molecule has 10 heavy (non-hydrogen) atoms. The molecule has 0 aliphatic rings. The van der Waals surface area contributed by atoms with Crippen molar-refractivity contribution >= 4 is 6.29 Å². The van der Waals surface area contributed by atoms with E-state index >= 15 is 0 Å². The lowest BCUT2D eigenvalue weighted by Gasteiger charge is -1.91. The van der Waals surface area contributed by atoms with E-state index in [-0.39, 0.29) is 0 Å². The molecule has 0 fully saturated rings. The second-order valence-corrected chi connectivity index (χ2v) is 2.56. The van der Waals surface area contributed by atoms with Gasteiger partial charge in [0.1, 0.15) is 6.29 Å². The van der Waals surface area contributed by atoms with E-state index in [1.807, 2.05) is 13.0 Å². The molecule has 0 heterocycles. The molecular formula is C9H16O. The first-order valence-corrected chi connectivity index (χ1v) is 3.93. The highest BCUT2D eigenvalue weighted by Gasteiger charge is 1.84. The molecule has 0 aromatic heterocycles. The van der Waals surface area contributed by atoms with Gasteiger partial charge in [0.25, 0.3) is 0 Å². The maximum Gasteiger partial charge on any atom is 0.145 e. The van der Waals surface area contributed by atoms with Gasteiger partial charge in [0.05, 0.1) is 0 Å². The number of unbranched alkanes of at least 4 members (excludes halogenated alkanes) is 3. The molecule has 0 unspecified atom stereocenters. The van der Waals surface area contributed by atoms with Gasteiger partial charge in [0, 0.05) is 0 Å². The van der Waals surface area contributed by atoms with Gasteiger partial charge in [-0.3, -0.25) is 4.79 Å². The van der Waals surface area contributed by atoms with Crippen LogP contribution in [0.4, 0.5) is 0 Å². The summed E-state index contributed by atoms with van der Waals surface area (Å²) in [6.45, 7) is 4.02. The minimum absolute atomic E-state index is 0.858. The summed E-state index contributed by atoms with van der Waals surface area (Å²) in [7, 11) is 0. The predicted molar refractivity (Wildman–Crippen MR) is 44.0 cm³/mol. The van der Waals surface area contributed by atoms with E-state index in [4.69, 9.17) is 0 Å². The van der Waals surface area contributed by atoms with Crippen LogP contribution in [0.2, 0.25) is 0 Å². The standard InChI is InChI=1S/C9H16O/c1-3-4-5-6-7-9(2)8-10/h7-8H,3-6H2,1-2H3/b9-7-. The minimum atomic E-state index is 0.858. The molecule has 0 N–H and O–H groups in total. The minimum Gasteiger partial charge on any atom is -0.298 e. The van der Waals surface area contributed by atoms with Crippen molar-refractivity contribution in [3.63, 3.8) is 0 Å². The summed E-state index contributed by atoms with van der Waals surface area (Å²) in [5.41, 5.74) is 0.858. The third-order valence-corrected chi connectivity index (χ3v) is 1.46. The maximum absolute atomic E-state index is 10.1. The molecule has 0 saturated heterocycles. The second kappa shape index (κ2) is 6.53. The van der Waals surface area contributed by atoms with Crippen LogP contribution in [0.1, 0.15) is 39.5 Å². The van der Waals surface area contributed by atoms with Crippen molar-refractivity contribution in [3.05, 3.63) is 11.6 Å². The van der Waals surface area contributed by atoms with Gasteiger partial charge in [-0.15, -0.1) is 0 Å². The van der Waals surface area contributed by atoms with Crippen molar-refractivity contribution in [2.24, 2.45) is 0 Å². The van der Waals surface area contributed by atoms with Crippen LogP contribution in [-0.4, -0.2) is 6.29 Å².